The number of pyridine rings is 1. The fraction of sp³-hybridized carbons (Fsp3) is 0.500. The van der Waals surface area contributed by atoms with Crippen molar-refractivity contribution in [2.75, 3.05) is 25.2 Å². The van der Waals surface area contributed by atoms with Crippen molar-refractivity contribution >= 4 is 11.7 Å². The molecule has 0 amide bonds. The summed E-state index contributed by atoms with van der Waals surface area (Å²) in [6.45, 7) is 1.61. The number of aromatic nitrogens is 1. The first kappa shape index (κ1) is 11.9. The van der Waals surface area contributed by atoms with Gasteiger partial charge in [0, 0.05) is 26.3 Å². The largest absolute Gasteiger partial charge is 0.382 e. The molecule has 92 valence electrons. The number of rotatable bonds is 3. The van der Waals surface area contributed by atoms with E-state index in [2.05, 4.69) is 9.88 Å². The lowest BCUT2D eigenvalue weighted by Crippen LogP contribution is -2.37. The quantitative estimate of drug-likeness (QED) is 0.604. The Kier molecular flexibility index (Phi) is 3.58. The van der Waals surface area contributed by atoms with Gasteiger partial charge in [0.15, 0.2) is 0 Å². The molecule has 0 spiro atoms. The molecule has 1 aliphatic heterocycles. The molecule has 3 N–H and O–H groups in total. The minimum atomic E-state index is 0.00669. The number of nitrogens with zero attached hydrogens (tertiary/aromatic N) is 2. The summed E-state index contributed by atoms with van der Waals surface area (Å²) in [6, 6.07) is 6.04. The number of amidine groups is 1. The summed E-state index contributed by atoms with van der Waals surface area (Å²) in [6.07, 6.45) is 2.03. The lowest BCUT2D eigenvalue weighted by molar-refractivity contribution is 0.0853. The lowest BCUT2D eigenvalue weighted by atomic mass is 10.1. The minimum Gasteiger partial charge on any atom is -0.382 e. The molecule has 1 fully saturated rings. The van der Waals surface area contributed by atoms with Gasteiger partial charge in [-0.05, 0) is 25.0 Å². The SMILES string of the molecule is CN(c1cccc(C(=N)N)n1)C1CCOCC1. The highest BCUT2D eigenvalue weighted by Crippen LogP contribution is 2.19. The molecule has 0 saturated carbocycles. The van der Waals surface area contributed by atoms with E-state index in [4.69, 9.17) is 15.9 Å². The van der Waals surface area contributed by atoms with E-state index < -0.39 is 0 Å². The van der Waals surface area contributed by atoms with Crippen LogP contribution < -0.4 is 10.6 Å². The Morgan fingerprint density at radius 3 is 2.82 bits per heavy atom. The lowest BCUT2D eigenvalue weighted by Gasteiger charge is -2.32. The number of ether oxygens (including phenoxy) is 1. The second-order valence-electron chi connectivity index (χ2n) is 4.25. The van der Waals surface area contributed by atoms with Crippen molar-refractivity contribution in [2.24, 2.45) is 5.73 Å². The zero-order chi connectivity index (χ0) is 12.3. The molecular formula is C12H18N4O. The van der Waals surface area contributed by atoms with Gasteiger partial charge >= 0.3 is 0 Å². The van der Waals surface area contributed by atoms with E-state index >= 15 is 0 Å². The summed E-state index contributed by atoms with van der Waals surface area (Å²) in [5.74, 6) is 0.872. The molecular weight excluding hydrogens is 216 g/mol. The van der Waals surface area contributed by atoms with Crippen molar-refractivity contribution < 1.29 is 4.74 Å². The zero-order valence-corrected chi connectivity index (χ0v) is 10.0. The van der Waals surface area contributed by atoms with E-state index in [9.17, 15) is 0 Å². The van der Waals surface area contributed by atoms with Crippen molar-refractivity contribution in [1.82, 2.24) is 4.98 Å². The highest BCUT2D eigenvalue weighted by atomic mass is 16.5. The van der Waals surface area contributed by atoms with Crippen LogP contribution in [0.25, 0.3) is 0 Å². The molecule has 2 heterocycles. The number of nitrogens with one attached hydrogen (secondary N) is 1. The number of anilines is 1. The van der Waals surface area contributed by atoms with Crippen molar-refractivity contribution in [1.29, 1.82) is 5.41 Å². The Hall–Kier alpha value is -1.62. The van der Waals surface area contributed by atoms with Crippen LogP contribution in [0, 0.1) is 5.41 Å². The topological polar surface area (TPSA) is 75.2 Å². The van der Waals surface area contributed by atoms with E-state index in [0.29, 0.717) is 11.7 Å². The van der Waals surface area contributed by atoms with E-state index in [1.165, 1.54) is 0 Å². The van der Waals surface area contributed by atoms with Gasteiger partial charge in [-0.2, -0.15) is 0 Å². The van der Waals surface area contributed by atoms with Crippen LogP contribution in [0.4, 0.5) is 5.82 Å². The molecule has 0 aromatic carbocycles. The van der Waals surface area contributed by atoms with Crippen LogP contribution in [0.3, 0.4) is 0 Å². The van der Waals surface area contributed by atoms with Crippen molar-refractivity contribution in [3.8, 4) is 0 Å². The number of nitrogens with two attached hydrogens (primary N) is 1. The van der Waals surface area contributed by atoms with Crippen LogP contribution >= 0.6 is 0 Å². The molecule has 0 unspecified atom stereocenters. The molecule has 0 radical (unpaired) electrons. The van der Waals surface area contributed by atoms with Crippen molar-refractivity contribution in [2.45, 2.75) is 18.9 Å². The van der Waals surface area contributed by atoms with Gasteiger partial charge in [-0.15, -0.1) is 0 Å². The molecule has 1 aromatic heterocycles. The average molecular weight is 234 g/mol. The maximum Gasteiger partial charge on any atom is 0.141 e. The summed E-state index contributed by atoms with van der Waals surface area (Å²) in [5.41, 5.74) is 5.97. The first-order chi connectivity index (χ1) is 8.18. The van der Waals surface area contributed by atoms with Crippen LogP contribution in [0.15, 0.2) is 18.2 Å². The molecule has 1 aliphatic rings. The Morgan fingerprint density at radius 2 is 2.18 bits per heavy atom. The molecule has 0 aliphatic carbocycles. The fourth-order valence-electron chi connectivity index (χ4n) is 2.03. The monoisotopic (exact) mass is 234 g/mol. The first-order valence-electron chi connectivity index (χ1n) is 5.80. The third-order valence-corrected chi connectivity index (χ3v) is 3.11. The molecule has 5 heteroatoms. The van der Waals surface area contributed by atoms with Gasteiger partial charge in [0.1, 0.15) is 17.3 Å². The second kappa shape index (κ2) is 5.14. The summed E-state index contributed by atoms with van der Waals surface area (Å²) < 4.78 is 5.35. The Bertz CT molecular complexity index is 401. The maximum absolute atomic E-state index is 7.39. The Balaban J connectivity index is 2.14. The Labute approximate surface area is 101 Å². The van der Waals surface area contributed by atoms with Gasteiger partial charge in [0.2, 0.25) is 0 Å². The van der Waals surface area contributed by atoms with E-state index in [1.807, 2.05) is 19.2 Å². The first-order valence-corrected chi connectivity index (χ1v) is 5.80. The molecule has 17 heavy (non-hydrogen) atoms. The minimum absolute atomic E-state index is 0.00669. The number of hydrogen-bond donors (Lipinski definition) is 2. The van der Waals surface area contributed by atoms with Gasteiger partial charge < -0.3 is 15.4 Å². The van der Waals surface area contributed by atoms with E-state index in [0.717, 1.165) is 31.9 Å². The molecule has 1 aromatic rings. The molecule has 0 bridgehead atoms. The van der Waals surface area contributed by atoms with Crippen LogP contribution in [-0.4, -0.2) is 37.1 Å². The standard InChI is InChI=1S/C12H18N4O/c1-16(9-5-7-17-8-6-9)11-4-2-3-10(15-11)12(13)14/h2-4,9H,5-8H2,1H3,(H3,13,14). The third kappa shape index (κ3) is 2.74. The van der Waals surface area contributed by atoms with E-state index in [-0.39, 0.29) is 5.84 Å². The van der Waals surface area contributed by atoms with Crippen molar-refractivity contribution in [3.05, 3.63) is 23.9 Å². The van der Waals surface area contributed by atoms with Gasteiger partial charge in [-0.3, -0.25) is 5.41 Å². The number of nitrogen functional groups attached to an aromatic ring is 1. The molecule has 5 nitrogen and oxygen atoms in total. The molecule has 0 atom stereocenters. The summed E-state index contributed by atoms with van der Waals surface area (Å²) in [4.78, 5) is 6.53. The highest BCUT2D eigenvalue weighted by Gasteiger charge is 2.19. The zero-order valence-electron chi connectivity index (χ0n) is 10.0. The number of hydrogen-bond acceptors (Lipinski definition) is 4. The molecule has 1 saturated heterocycles. The third-order valence-electron chi connectivity index (χ3n) is 3.11. The van der Waals surface area contributed by atoms with Crippen LogP contribution in [0.5, 0.6) is 0 Å². The fourth-order valence-corrected chi connectivity index (χ4v) is 2.03. The Morgan fingerprint density at radius 1 is 1.47 bits per heavy atom. The van der Waals surface area contributed by atoms with Gasteiger partial charge in [-0.1, -0.05) is 6.07 Å². The maximum atomic E-state index is 7.39. The normalized spacial score (nSPS) is 16.8. The summed E-state index contributed by atoms with van der Waals surface area (Å²) in [5, 5.41) is 7.39. The van der Waals surface area contributed by atoms with Crippen LogP contribution in [-0.2, 0) is 4.74 Å². The van der Waals surface area contributed by atoms with Gasteiger partial charge in [0.25, 0.3) is 0 Å². The van der Waals surface area contributed by atoms with Crippen LogP contribution in [0.2, 0.25) is 0 Å². The summed E-state index contributed by atoms with van der Waals surface area (Å²) in [7, 11) is 2.03. The molecule has 2 rings (SSSR count). The average Bonchev–Trinajstić information content (AvgIpc) is 2.39. The van der Waals surface area contributed by atoms with Crippen LogP contribution in [0.1, 0.15) is 18.5 Å². The second-order valence-corrected chi connectivity index (χ2v) is 4.25. The van der Waals surface area contributed by atoms with E-state index in [1.54, 1.807) is 6.07 Å². The predicted octanol–water partition coefficient (Wildman–Crippen LogP) is 0.981. The van der Waals surface area contributed by atoms with Crippen molar-refractivity contribution in [3.63, 3.8) is 0 Å². The smallest absolute Gasteiger partial charge is 0.141 e. The van der Waals surface area contributed by atoms with Gasteiger partial charge in [0.05, 0.1) is 0 Å². The summed E-state index contributed by atoms with van der Waals surface area (Å²) >= 11 is 0. The van der Waals surface area contributed by atoms with Gasteiger partial charge in [-0.25, -0.2) is 4.98 Å². The highest BCUT2D eigenvalue weighted by molar-refractivity contribution is 5.93. The predicted molar refractivity (Wildman–Crippen MR) is 67.5 cm³/mol.